The molecule has 0 aromatic carbocycles. The van der Waals surface area contributed by atoms with Crippen LogP contribution in [-0.4, -0.2) is 0 Å². The number of rotatable bonds is 15. The summed E-state index contributed by atoms with van der Waals surface area (Å²) in [5.74, 6) is 0. The third-order valence-electron chi connectivity index (χ3n) is 5.14. The molecule has 0 aromatic rings. The fraction of sp³-hybridized carbons (Fsp3) is 0.571. The van der Waals surface area contributed by atoms with Gasteiger partial charge in [-0.05, 0) is 106 Å². The van der Waals surface area contributed by atoms with Gasteiger partial charge in [-0.15, -0.1) is 0 Å². The summed E-state index contributed by atoms with van der Waals surface area (Å²) in [5, 5.41) is 0. The maximum atomic E-state index is 5.64. The molecule has 0 fully saturated rings. The van der Waals surface area contributed by atoms with E-state index in [1.807, 2.05) is 6.08 Å². The molecule has 0 radical (unpaired) electrons. The van der Waals surface area contributed by atoms with Gasteiger partial charge in [0.2, 0.25) is 0 Å². The van der Waals surface area contributed by atoms with Crippen molar-refractivity contribution in [3.8, 4) is 0 Å². The second-order valence-electron chi connectivity index (χ2n) is 8.71. The second kappa shape index (κ2) is 18.8. The molecule has 170 valence electrons. The molecule has 0 N–H and O–H groups in total. The van der Waals surface area contributed by atoms with E-state index in [0.29, 0.717) is 4.49 Å². The molecule has 0 nitrogen and oxygen atoms in total. The SMILES string of the molecule is CC(C)=CCC/C(C)=C/CC/C(C)=C/CC/C=C(\C)CC/C=C(\C)CCC=C(Cl)Cl. The van der Waals surface area contributed by atoms with Crippen LogP contribution in [0.2, 0.25) is 0 Å². The minimum atomic E-state index is 0.368. The normalized spacial score (nSPS) is 13.5. The van der Waals surface area contributed by atoms with Crippen LogP contribution in [0.3, 0.4) is 0 Å². The van der Waals surface area contributed by atoms with Gasteiger partial charge in [0.15, 0.2) is 0 Å². The summed E-state index contributed by atoms with van der Waals surface area (Å²) in [6.07, 6.45) is 24.9. The Morgan fingerprint density at radius 2 is 0.733 bits per heavy atom. The maximum Gasteiger partial charge on any atom is 0.102 e. The van der Waals surface area contributed by atoms with Crippen LogP contribution >= 0.6 is 23.2 Å². The Morgan fingerprint density at radius 3 is 1.07 bits per heavy atom. The van der Waals surface area contributed by atoms with Gasteiger partial charge in [0.1, 0.15) is 4.49 Å². The zero-order valence-corrected chi connectivity index (χ0v) is 21.8. The van der Waals surface area contributed by atoms with Gasteiger partial charge in [0, 0.05) is 0 Å². The van der Waals surface area contributed by atoms with Gasteiger partial charge in [0.25, 0.3) is 0 Å². The quantitative estimate of drug-likeness (QED) is 0.171. The molecule has 0 bridgehead atoms. The van der Waals surface area contributed by atoms with Crippen LogP contribution in [0.4, 0.5) is 0 Å². The van der Waals surface area contributed by atoms with Crippen LogP contribution in [0.15, 0.2) is 68.8 Å². The molecule has 0 spiro atoms. The molecule has 0 atom stereocenters. The molecule has 2 heteroatoms. The van der Waals surface area contributed by atoms with E-state index in [4.69, 9.17) is 23.2 Å². The van der Waals surface area contributed by atoms with Crippen molar-refractivity contribution in [3.05, 3.63) is 68.8 Å². The Kier molecular flexibility index (Phi) is 18.1. The van der Waals surface area contributed by atoms with Gasteiger partial charge in [-0.2, -0.15) is 0 Å². The third kappa shape index (κ3) is 20.3. The van der Waals surface area contributed by atoms with Crippen molar-refractivity contribution in [1.82, 2.24) is 0 Å². The van der Waals surface area contributed by atoms with E-state index in [9.17, 15) is 0 Å². The van der Waals surface area contributed by atoms with Crippen LogP contribution < -0.4 is 0 Å². The van der Waals surface area contributed by atoms with E-state index in [2.05, 4.69) is 71.9 Å². The summed E-state index contributed by atoms with van der Waals surface area (Å²) >= 11 is 11.3. The van der Waals surface area contributed by atoms with Gasteiger partial charge >= 0.3 is 0 Å². The van der Waals surface area contributed by atoms with Crippen molar-refractivity contribution in [3.63, 3.8) is 0 Å². The van der Waals surface area contributed by atoms with Gasteiger partial charge in [-0.25, -0.2) is 0 Å². The Morgan fingerprint density at radius 1 is 0.433 bits per heavy atom. The van der Waals surface area contributed by atoms with E-state index in [1.54, 1.807) is 0 Å². The largest absolute Gasteiger partial charge is 0.102 e. The van der Waals surface area contributed by atoms with E-state index in [1.165, 1.54) is 47.1 Å². The minimum absolute atomic E-state index is 0.368. The molecule has 0 aliphatic heterocycles. The summed E-state index contributed by atoms with van der Waals surface area (Å²) in [6, 6.07) is 0. The van der Waals surface area contributed by atoms with Crippen LogP contribution in [0.25, 0.3) is 0 Å². The monoisotopic (exact) mass is 450 g/mol. The predicted molar refractivity (Wildman–Crippen MR) is 140 cm³/mol. The number of hydrogen-bond acceptors (Lipinski definition) is 0. The van der Waals surface area contributed by atoms with E-state index in [-0.39, 0.29) is 0 Å². The summed E-state index contributed by atoms with van der Waals surface area (Å²) in [4.78, 5) is 0. The molecule has 0 aromatic heterocycles. The lowest BCUT2D eigenvalue weighted by atomic mass is 10.0. The van der Waals surface area contributed by atoms with Crippen molar-refractivity contribution < 1.29 is 0 Å². The first-order chi connectivity index (χ1) is 14.2. The average Bonchev–Trinajstić information content (AvgIpc) is 2.64. The molecule has 0 unspecified atom stereocenters. The van der Waals surface area contributed by atoms with E-state index in [0.717, 1.165) is 44.9 Å². The highest BCUT2D eigenvalue weighted by Crippen LogP contribution is 2.15. The van der Waals surface area contributed by atoms with Crippen molar-refractivity contribution in [2.75, 3.05) is 0 Å². The molecule has 0 heterocycles. The second-order valence-corrected chi connectivity index (χ2v) is 9.72. The van der Waals surface area contributed by atoms with Crippen molar-refractivity contribution >= 4 is 23.2 Å². The number of unbranched alkanes of at least 4 members (excludes halogenated alkanes) is 1. The Hall–Kier alpha value is -0.980. The van der Waals surface area contributed by atoms with Crippen molar-refractivity contribution in [2.24, 2.45) is 0 Å². The molecule has 30 heavy (non-hydrogen) atoms. The van der Waals surface area contributed by atoms with Crippen LogP contribution in [0.1, 0.15) is 106 Å². The standard InChI is InChI=1S/C28H44Cl2/c1-23(2)13-9-16-26(5)19-10-17-24(3)14-7-8-15-25(4)18-11-20-27(6)21-12-22-28(29)30/h13-15,19-20,22H,7-12,16-18,21H2,1-6H3/b24-14+,25-15+,26-19+,27-20+. The highest BCUT2D eigenvalue weighted by Gasteiger charge is 1.94. The topological polar surface area (TPSA) is 0 Å². The molecule has 0 saturated carbocycles. The zero-order valence-electron chi connectivity index (χ0n) is 20.3. The lowest BCUT2D eigenvalue weighted by Crippen LogP contribution is -1.82. The molecule has 0 rings (SSSR count). The van der Waals surface area contributed by atoms with Crippen molar-refractivity contribution in [2.45, 2.75) is 106 Å². The fourth-order valence-electron chi connectivity index (χ4n) is 3.16. The van der Waals surface area contributed by atoms with Gasteiger partial charge in [-0.1, -0.05) is 87.5 Å². The summed E-state index contributed by atoms with van der Waals surface area (Å²) in [5.41, 5.74) is 7.35. The highest BCUT2D eigenvalue weighted by molar-refractivity contribution is 6.55. The number of halogens is 2. The molecule has 0 aliphatic carbocycles. The highest BCUT2D eigenvalue weighted by atomic mass is 35.5. The van der Waals surface area contributed by atoms with E-state index < -0.39 is 0 Å². The maximum absolute atomic E-state index is 5.64. The number of allylic oxidation sites excluding steroid dienone is 11. The van der Waals surface area contributed by atoms with Crippen LogP contribution in [-0.2, 0) is 0 Å². The number of hydrogen-bond donors (Lipinski definition) is 0. The minimum Gasteiger partial charge on any atom is -0.0856 e. The summed E-state index contributed by atoms with van der Waals surface area (Å²) < 4.78 is 0.368. The zero-order chi connectivity index (χ0) is 22.8. The first kappa shape index (κ1) is 29.0. The third-order valence-corrected chi connectivity index (χ3v) is 5.45. The molecule has 0 saturated heterocycles. The summed E-state index contributed by atoms with van der Waals surface area (Å²) in [6.45, 7) is 13.3. The van der Waals surface area contributed by atoms with Gasteiger partial charge in [0.05, 0.1) is 0 Å². The van der Waals surface area contributed by atoms with Crippen molar-refractivity contribution in [1.29, 1.82) is 0 Å². The Bertz CT molecular complexity index is 588. The molecular formula is C28H44Cl2. The molecule has 0 aliphatic rings. The van der Waals surface area contributed by atoms with Crippen LogP contribution in [0, 0.1) is 0 Å². The predicted octanol–water partition coefficient (Wildman–Crippen LogP) is 11.0. The Balaban J connectivity index is 4.05. The van der Waals surface area contributed by atoms with Crippen LogP contribution in [0.5, 0.6) is 0 Å². The van der Waals surface area contributed by atoms with Gasteiger partial charge in [-0.3, -0.25) is 0 Å². The lowest BCUT2D eigenvalue weighted by Gasteiger charge is -2.02. The average molecular weight is 452 g/mol. The molecule has 0 amide bonds. The molecular weight excluding hydrogens is 407 g/mol. The van der Waals surface area contributed by atoms with E-state index >= 15 is 0 Å². The van der Waals surface area contributed by atoms with Gasteiger partial charge < -0.3 is 0 Å². The smallest absolute Gasteiger partial charge is 0.0856 e. The first-order valence-electron chi connectivity index (χ1n) is 11.5. The Labute approximate surface area is 197 Å². The first-order valence-corrected chi connectivity index (χ1v) is 12.2. The summed E-state index contributed by atoms with van der Waals surface area (Å²) in [7, 11) is 0. The fourth-order valence-corrected chi connectivity index (χ4v) is 3.38. The lowest BCUT2D eigenvalue weighted by molar-refractivity contribution is 0.897.